The van der Waals surface area contributed by atoms with Gasteiger partial charge in [-0.05, 0) is 73.1 Å². The minimum absolute atomic E-state index is 0.00993. The molecule has 0 heterocycles. The minimum Gasteiger partial charge on any atom is -0.548 e. The number of hydrogen-bond donors (Lipinski definition) is 15. The Hall–Kier alpha value is -5.66. The molecule has 0 spiro atoms. The van der Waals surface area contributed by atoms with E-state index in [1.807, 2.05) is 14.1 Å². The topological polar surface area (TPSA) is 397 Å². The van der Waals surface area contributed by atoms with Gasteiger partial charge in [0.1, 0.15) is 36.3 Å². The number of primary amides is 1. The van der Waals surface area contributed by atoms with Crippen LogP contribution < -0.4 is 74.3 Å². The Morgan fingerprint density at radius 2 is 1.08 bits per heavy atom. The first-order valence-corrected chi connectivity index (χ1v) is 20.9. The van der Waals surface area contributed by atoms with E-state index in [-0.39, 0.29) is 12.8 Å². The summed E-state index contributed by atoms with van der Waals surface area (Å²) in [5, 5.41) is 54.9. The van der Waals surface area contributed by atoms with Crippen molar-refractivity contribution in [2.45, 2.75) is 140 Å². The van der Waals surface area contributed by atoms with E-state index < -0.39 is 127 Å². The number of aliphatic carboxylic acids is 1. The van der Waals surface area contributed by atoms with Gasteiger partial charge in [-0.2, -0.15) is 0 Å². The van der Waals surface area contributed by atoms with Gasteiger partial charge < -0.3 is 73.7 Å². The normalized spacial score (nSPS) is 16.2. The predicted octanol–water partition coefficient (Wildman–Crippen LogP) is -11.2. The fourth-order valence-electron chi connectivity index (χ4n) is 5.67. The Kier molecular flexibility index (Phi) is 26.9. The molecule has 0 aliphatic heterocycles. The van der Waals surface area contributed by atoms with Gasteiger partial charge in [-0.3, -0.25) is 54.0 Å². The van der Waals surface area contributed by atoms with Crippen molar-refractivity contribution >= 4 is 59.2 Å². The fraction of sp³-hybridized carbons (Fsp3) is 0.737. The van der Waals surface area contributed by atoms with Crippen LogP contribution in [0, 0.1) is 0 Å². The number of carboxylic acid groups (broad SMARTS) is 1. The van der Waals surface area contributed by atoms with E-state index >= 15 is 0 Å². The third kappa shape index (κ3) is 22.8. The van der Waals surface area contributed by atoms with Gasteiger partial charge in [-0.25, -0.2) is 0 Å². The van der Waals surface area contributed by atoms with Gasteiger partial charge in [-0.15, -0.1) is 0 Å². The molecule has 0 rings (SSSR count). The summed E-state index contributed by atoms with van der Waals surface area (Å²) < 4.78 is 0. The maximum atomic E-state index is 14.0. The van der Waals surface area contributed by atoms with Crippen molar-refractivity contribution in [2.75, 3.05) is 41.3 Å². The van der Waals surface area contributed by atoms with E-state index in [4.69, 9.17) is 5.73 Å². The lowest BCUT2D eigenvalue weighted by atomic mass is 10.0. The zero-order valence-electron chi connectivity index (χ0n) is 37.9. The highest BCUT2D eigenvalue weighted by Gasteiger charge is 2.35. The van der Waals surface area contributed by atoms with Crippen LogP contribution in [0.3, 0.4) is 0 Å². The monoisotopic (exact) mass is 904 g/mol. The van der Waals surface area contributed by atoms with Crippen molar-refractivity contribution in [2.24, 2.45) is 5.73 Å². The summed E-state index contributed by atoms with van der Waals surface area (Å²) in [6.45, 7) is 7.37. The summed E-state index contributed by atoms with van der Waals surface area (Å²) in [6.07, 6.45) is -2.41. The summed E-state index contributed by atoms with van der Waals surface area (Å²) in [5.41, 5.74) is 9.02. The molecule has 25 nitrogen and oxygen atoms in total. The Balaban J connectivity index is 6.45. The number of nitrogens with two attached hydrogens (primary N) is 1. The summed E-state index contributed by atoms with van der Waals surface area (Å²) in [5.74, 6) is -8.08. The number of guanidine groups is 1. The zero-order chi connectivity index (χ0) is 48.6. The number of hydrogen-bond acceptors (Lipinski definition) is 12. The van der Waals surface area contributed by atoms with Crippen LogP contribution in [0.5, 0.6) is 0 Å². The standard InChI is InChI=1S/C38H71N13O12/c1-19(39)30(55)46-25(14-12-17-43-38(41-6)42-7)33(58)50-29(23(5)53)36(61)48-24(13-10-11-18-51(8)9)32(57)47-26(15-16-27(40)54)34(59)49-28(22(4)52)35(60)44-20(2)31(56)45-21(3)37(62)63/h19-26,28-29,52-53H,10-18,39H2,1-9H3,(H2,40,54)(H,44,60)(H,45,56)(H,46,55)(H,47,57)(H,48,61)(H,49,59)(H,50,58)(H,62,63)(H2,41,42,43)/p+2/t19-,20-,21-,22+,23+,24-,25-,26-,28-,29-/m0/s1. The molecule has 0 unspecified atom stereocenters. The molecular formula is C38H73N13O12+2. The molecule has 360 valence electrons. The molecule has 25 heteroatoms. The number of carbonyl (C=O) groups excluding carboxylic acids is 9. The van der Waals surface area contributed by atoms with Gasteiger partial charge in [0.2, 0.25) is 41.4 Å². The summed E-state index contributed by atoms with van der Waals surface area (Å²) in [6, 6.07) is -10.9. The first kappa shape index (κ1) is 57.3. The van der Waals surface area contributed by atoms with Gasteiger partial charge in [-0.1, -0.05) is 0 Å². The van der Waals surface area contributed by atoms with Crippen molar-refractivity contribution in [3.8, 4) is 0 Å². The molecule has 63 heavy (non-hydrogen) atoms. The van der Waals surface area contributed by atoms with E-state index in [0.717, 1.165) is 18.7 Å². The molecular weight excluding hydrogens is 830 g/mol. The van der Waals surface area contributed by atoms with Crippen LogP contribution in [-0.4, -0.2) is 171 Å². The summed E-state index contributed by atoms with van der Waals surface area (Å²) in [4.78, 5) is 120. The zero-order valence-corrected chi connectivity index (χ0v) is 37.9. The van der Waals surface area contributed by atoms with Gasteiger partial charge in [0.05, 0.1) is 65.5 Å². The maximum absolute atomic E-state index is 14.0. The van der Waals surface area contributed by atoms with Crippen LogP contribution in [0.15, 0.2) is 0 Å². The first-order valence-electron chi connectivity index (χ1n) is 20.9. The second-order valence-electron chi connectivity index (χ2n) is 15.7. The lowest BCUT2D eigenvalue weighted by Gasteiger charge is -2.28. The smallest absolute Gasteiger partial charge is 0.342 e. The molecule has 0 bridgehead atoms. The second-order valence-corrected chi connectivity index (χ2v) is 15.7. The van der Waals surface area contributed by atoms with Crippen molar-refractivity contribution in [3.05, 3.63) is 0 Å². The highest BCUT2D eigenvalue weighted by molar-refractivity contribution is 5.97. The highest BCUT2D eigenvalue weighted by Crippen LogP contribution is 2.08. The van der Waals surface area contributed by atoms with E-state index in [0.29, 0.717) is 38.3 Å². The first-order chi connectivity index (χ1) is 29.4. The van der Waals surface area contributed by atoms with Crippen LogP contribution >= 0.6 is 0 Å². The molecule has 10 atom stereocenters. The number of unbranched alkanes of at least 4 members (excludes halogenated alkanes) is 1. The van der Waals surface area contributed by atoms with Crippen LogP contribution in [0.4, 0.5) is 0 Å². The minimum atomic E-state index is -1.72. The lowest BCUT2D eigenvalue weighted by molar-refractivity contribution is -0.858. The molecule has 0 aromatic heterocycles. The Bertz CT molecular complexity index is 1580. The van der Waals surface area contributed by atoms with Crippen molar-refractivity contribution in [1.29, 1.82) is 0 Å². The van der Waals surface area contributed by atoms with E-state index in [9.17, 15) is 58.5 Å². The molecule has 0 saturated carbocycles. The second kappa shape index (κ2) is 29.6. The van der Waals surface area contributed by atoms with E-state index in [1.165, 1.54) is 20.8 Å². The third-order valence-electron chi connectivity index (χ3n) is 9.51. The maximum Gasteiger partial charge on any atom is 0.342 e. The van der Waals surface area contributed by atoms with Crippen LogP contribution in [0.2, 0.25) is 0 Å². The van der Waals surface area contributed by atoms with Crippen LogP contribution in [-0.2, 0) is 43.2 Å². The molecule has 0 fully saturated rings. The number of nitrogens with one attached hydrogen (secondary N) is 11. The molecule has 0 aliphatic carbocycles. The number of amides is 8. The number of rotatable bonds is 29. The molecule has 0 aliphatic rings. The van der Waals surface area contributed by atoms with Gasteiger partial charge >= 0.3 is 5.96 Å². The summed E-state index contributed by atoms with van der Waals surface area (Å²) in [7, 11) is 7.23. The van der Waals surface area contributed by atoms with Crippen molar-refractivity contribution < 1.29 is 74.1 Å². The number of aliphatic hydroxyl groups is 2. The Morgan fingerprint density at radius 3 is 1.52 bits per heavy atom. The van der Waals surface area contributed by atoms with Crippen LogP contribution in [0.25, 0.3) is 0 Å². The van der Waals surface area contributed by atoms with Crippen LogP contribution in [0.1, 0.15) is 79.6 Å². The molecule has 0 saturated heterocycles. The molecule has 8 amide bonds. The Labute approximate surface area is 367 Å². The largest absolute Gasteiger partial charge is 0.548 e. The number of quaternary nitrogens is 2. The van der Waals surface area contributed by atoms with Crippen molar-refractivity contribution in [1.82, 2.24) is 47.9 Å². The number of carboxylic acids is 1. The lowest BCUT2D eigenvalue weighted by Crippen LogP contribution is -3.05. The number of carbonyl (C=O) groups is 9. The van der Waals surface area contributed by atoms with Gasteiger partial charge in [0, 0.05) is 6.42 Å². The molecule has 0 aromatic rings. The molecule has 18 N–H and O–H groups in total. The molecule has 0 aromatic carbocycles. The SMILES string of the molecule is CNC(NCCC[C@H](NC(=O)[C@H](C)[NH3+])C(=O)N[C@H](C(=O)N[C@@H](CCCC[NH+](C)C)C(=O)N[C@@H](CCC(N)=O)C(=O)N[C@H](C(=O)N[C@@H](C)C(=O)N[C@@H](C)C(=O)[O-])[C@@H](C)O)[C@@H](C)O)=[NH+]C. The van der Waals surface area contributed by atoms with Gasteiger partial charge in [0.15, 0.2) is 6.04 Å². The fourth-order valence-corrected chi connectivity index (χ4v) is 5.67. The summed E-state index contributed by atoms with van der Waals surface area (Å²) >= 11 is 0. The average Bonchev–Trinajstić information content (AvgIpc) is 3.19. The average molecular weight is 904 g/mol. The molecule has 0 radical (unpaired) electrons. The predicted molar refractivity (Wildman–Crippen MR) is 224 cm³/mol. The van der Waals surface area contributed by atoms with E-state index in [1.54, 1.807) is 14.1 Å². The highest BCUT2D eigenvalue weighted by atomic mass is 16.4. The van der Waals surface area contributed by atoms with Gasteiger partial charge in [0.25, 0.3) is 5.91 Å². The van der Waals surface area contributed by atoms with E-state index in [2.05, 4.69) is 58.6 Å². The quantitative estimate of drug-likeness (QED) is 0.0188. The Morgan fingerprint density at radius 1 is 0.635 bits per heavy atom. The van der Waals surface area contributed by atoms with Crippen molar-refractivity contribution in [3.63, 3.8) is 0 Å². The third-order valence-corrected chi connectivity index (χ3v) is 9.51. The number of aliphatic hydroxyl groups excluding tert-OH is 2.